The van der Waals surface area contributed by atoms with Gasteiger partial charge in [-0.2, -0.15) is 0 Å². The van der Waals surface area contributed by atoms with Gasteiger partial charge < -0.3 is 5.32 Å². The third-order valence-corrected chi connectivity index (χ3v) is 2.99. The van der Waals surface area contributed by atoms with Gasteiger partial charge in [0.1, 0.15) is 0 Å². The van der Waals surface area contributed by atoms with Crippen molar-refractivity contribution in [3.63, 3.8) is 0 Å². The van der Waals surface area contributed by atoms with Crippen molar-refractivity contribution >= 4 is 34.9 Å². The van der Waals surface area contributed by atoms with Crippen LogP contribution in [0.4, 0.5) is 10.5 Å². The maximum Gasteiger partial charge on any atom is 0.343 e. The van der Waals surface area contributed by atoms with Crippen molar-refractivity contribution in [2.24, 2.45) is 0 Å². The van der Waals surface area contributed by atoms with Gasteiger partial charge in [0.25, 0.3) is 0 Å². The zero-order valence-corrected chi connectivity index (χ0v) is 11.9. The van der Waals surface area contributed by atoms with Crippen LogP contribution >= 0.6 is 23.2 Å². The highest BCUT2D eigenvalue weighted by atomic mass is 35.5. The molecule has 0 aliphatic carbocycles. The number of rotatable bonds is 4. The first-order valence-electron chi connectivity index (χ1n) is 5.83. The van der Waals surface area contributed by atoms with Crippen molar-refractivity contribution in [1.82, 2.24) is 5.48 Å². The van der Waals surface area contributed by atoms with Gasteiger partial charge in [0.15, 0.2) is 0 Å². The van der Waals surface area contributed by atoms with Crippen LogP contribution in [-0.2, 0) is 11.4 Å². The number of hydroxylamine groups is 1. The molecule has 0 heterocycles. The number of carbonyl (C=O) groups excluding carboxylic acids is 1. The molecule has 0 saturated heterocycles. The topological polar surface area (TPSA) is 50.4 Å². The first kappa shape index (κ1) is 14.7. The quantitative estimate of drug-likeness (QED) is 0.830. The van der Waals surface area contributed by atoms with Gasteiger partial charge in [0.2, 0.25) is 0 Å². The molecule has 6 heteroatoms. The molecule has 2 aromatic carbocycles. The number of carbonyl (C=O) groups is 1. The molecule has 2 aromatic rings. The number of urea groups is 1. The summed E-state index contributed by atoms with van der Waals surface area (Å²) in [4.78, 5) is 16.7. The summed E-state index contributed by atoms with van der Waals surface area (Å²) in [6.07, 6.45) is 0. The molecule has 20 heavy (non-hydrogen) atoms. The van der Waals surface area contributed by atoms with Gasteiger partial charge >= 0.3 is 6.03 Å². The molecule has 0 atom stereocenters. The highest BCUT2D eigenvalue weighted by Gasteiger charge is 2.06. The summed E-state index contributed by atoms with van der Waals surface area (Å²) in [5.74, 6) is 0. The Hall–Kier alpha value is -1.75. The largest absolute Gasteiger partial charge is 0.343 e. The molecule has 0 aromatic heterocycles. The summed E-state index contributed by atoms with van der Waals surface area (Å²) in [6, 6.07) is 13.8. The van der Waals surface area contributed by atoms with E-state index in [1.165, 1.54) is 0 Å². The summed E-state index contributed by atoms with van der Waals surface area (Å²) in [5, 5.41) is 3.42. The van der Waals surface area contributed by atoms with Crippen molar-refractivity contribution in [2.45, 2.75) is 6.61 Å². The molecule has 0 saturated carbocycles. The Morgan fingerprint density at radius 1 is 1.10 bits per heavy atom. The van der Waals surface area contributed by atoms with E-state index in [-0.39, 0.29) is 6.61 Å². The van der Waals surface area contributed by atoms with E-state index in [2.05, 4.69) is 10.8 Å². The maximum absolute atomic E-state index is 11.6. The monoisotopic (exact) mass is 310 g/mol. The molecule has 2 amide bonds. The van der Waals surface area contributed by atoms with Gasteiger partial charge in [-0.3, -0.25) is 4.84 Å². The van der Waals surface area contributed by atoms with Gasteiger partial charge in [0.05, 0.1) is 17.3 Å². The molecule has 0 bridgehead atoms. The first-order valence-corrected chi connectivity index (χ1v) is 6.58. The van der Waals surface area contributed by atoms with E-state index >= 15 is 0 Å². The number of hydrogen-bond donors (Lipinski definition) is 2. The number of amides is 2. The Balaban J connectivity index is 1.82. The number of benzene rings is 2. The maximum atomic E-state index is 11.6. The van der Waals surface area contributed by atoms with Gasteiger partial charge in [-0.15, -0.1) is 0 Å². The molecule has 4 nitrogen and oxygen atoms in total. The van der Waals surface area contributed by atoms with Crippen LogP contribution in [0.5, 0.6) is 0 Å². The molecule has 0 aliphatic heterocycles. The average molecular weight is 311 g/mol. The van der Waals surface area contributed by atoms with Crippen molar-refractivity contribution in [3.05, 3.63) is 64.1 Å². The lowest BCUT2D eigenvalue weighted by atomic mass is 10.2. The van der Waals surface area contributed by atoms with Crippen LogP contribution in [0.25, 0.3) is 0 Å². The number of halogens is 2. The molecule has 0 fully saturated rings. The van der Waals surface area contributed by atoms with Crippen molar-refractivity contribution in [3.8, 4) is 0 Å². The molecule has 0 spiro atoms. The highest BCUT2D eigenvalue weighted by molar-refractivity contribution is 6.35. The lowest BCUT2D eigenvalue weighted by Gasteiger charge is -2.09. The minimum absolute atomic E-state index is 0.275. The zero-order chi connectivity index (χ0) is 14.4. The van der Waals surface area contributed by atoms with E-state index in [4.69, 9.17) is 28.0 Å². The Labute approximate surface area is 126 Å². The van der Waals surface area contributed by atoms with Crippen LogP contribution in [0.2, 0.25) is 10.0 Å². The second kappa shape index (κ2) is 7.14. The highest BCUT2D eigenvalue weighted by Crippen LogP contribution is 2.25. The van der Waals surface area contributed by atoms with Gasteiger partial charge in [-0.05, 0) is 23.8 Å². The fraction of sp³-hybridized carbons (Fsp3) is 0.0714. The van der Waals surface area contributed by atoms with Crippen LogP contribution in [-0.4, -0.2) is 6.03 Å². The van der Waals surface area contributed by atoms with Crippen LogP contribution in [0.15, 0.2) is 48.5 Å². The van der Waals surface area contributed by atoms with E-state index < -0.39 is 6.03 Å². The van der Waals surface area contributed by atoms with E-state index in [0.717, 1.165) is 5.56 Å². The van der Waals surface area contributed by atoms with Gasteiger partial charge in [0, 0.05) is 5.02 Å². The molecule has 2 rings (SSSR count). The summed E-state index contributed by atoms with van der Waals surface area (Å²) in [7, 11) is 0. The minimum atomic E-state index is -0.523. The Kier molecular flexibility index (Phi) is 5.24. The van der Waals surface area contributed by atoms with Gasteiger partial charge in [-0.25, -0.2) is 10.3 Å². The van der Waals surface area contributed by atoms with Crippen molar-refractivity contribution in [1.29, 1.82) is 0 Å². The number of nitrogens with one attached hydrogen (secondary N) is 2. The molecule has 0 aliphatic rings. The summed E-state index contributed by atoms with van der Waals surface area (Å²) < 4.78 is 0. The second-order valence-corrected chi connectivity index (χ2v) is 4.80. The Morgan fingerprint density at radius 3 is 2.60 bits per heavy atom. The molecular weight excluding hydrogens is 299 g/mol. The van der Waals surface area contributed by atoms with Crippen LogP contribution in [0.3, 0.4) is 0 Å². The third-order valence-electron chi connectivity index (χ3n) is 2.42. The molecular formula is C14H12Cl2N2O2. The predicted molar refractivity (Wildman–Crippen MR) is 79.8 cm³/mol. The Bertz CT molecular complexity index is 591. The normalized spacial score (nSPS) is 10.1. The predicted octanol–water partition coefficient (Wildman–Crippen LogP) is 4.25. The number of hydrogen-bond acceptors (Lipinski definition) is 2. The Morgan fingerprint density at radius 2 is 1.85 bits per heavy atom. The average Bonchev–Trinajstić information content (AvgIpc) is 2.44. The van der Waals surface area contributed by atoms with E-state index in [1.54, 1.807) is 18.2 Å². The second-order valence-electron chi connectivity index (χ2n) is 3.95. The van der Waals surface area contributed by atoms with Crippen molar-refractivity contribution < 1.29 is 9.63 Å². The fourth-order valence-corrected chi connectivity index (χ4v) is 1.84. The standard InChI is InChI=1S/C14H12Cl2N2O2/c15-11-6-7-12(16)13(8-11)17-14(19)18-20-9-10-4-2-1-3-5-10/h1-8H,9H2,(H2,17,18,19). The molecule has 104 valence electrons. The SMILES string of the molecule is O=C(NOCc1ccccc1)Nc1cc(Cl)ccc1Cl. The number of anilines is 1. The van der Waals surface area contributed by atoms with E-state index in [9.17, 15) is 4.79 Å². The van der Waals surface area contributed by atoms with Crippen LogP contribution in [0, 0.1) is 0 Å². The van der Waals surface area contributed by atoms with Gasteiger partial charge in [-0.1, -0.05) is 53.5 Å². The smallest absolute Gasteiger partial charge is 0.305 e. The molecule has 0 radical (unpaired) electrons. The lowest BCUT2D eigenvalue weighted by molar-refractivity contribution is 0.0536. The third kappa shape index (κ3) is 4.42. The van der Waals surface area contributed by atoms with Crippen LogP contribution < -0.4 is 10.8 Å². The summed E-state index contributed by atoms with van der Waals surface area (Å²) in [5.41, 5.74) is 3.64. The zero-order valence-electron chi connectivity index (χ0n) is 10.4. The van der Waals surface area contributed by atoms with Crippen LogP contribution in [0.1, 0.15) is 5.56 Å². The summed E-state index contributed by atoms with van der Waals surface area (Å²) in [6.45, 7) is 0.275. The molecule has 2 N–H and O–H groups in total. The lowest BCUT2D eigenvalue weighted by Crippen LogP contribution is -2.28. The first-order chi connectivity index (χ1) is 9.65. The van der Waals surface area contributed by atoms with E-state index in [1.807, 2.05) is 30.3 Å². The van der Waals surface area contributed by atoms with E-state index in [0.29, 0.717) is 15.7 Å². The molecule has 0 unspecified atom stereocenters. The van der Waals surface area contributed by atoms with Crippen molar-refractivity contribution in [2.75, 3.05) is 5.32 Å². The fourth-order valence-electron chi connectivity index (χ4n) is 1.50. The summed E-state index contributed by atoms with van der Waals surface area (Å²) >= 11 is 11.8. The minimum Gasteiger partial charge on any atom is -0.305 e.